The van der Waals surface area contributed by atoms with E-state index in [0.29, 0.717) is 11.8 Å². The second-order valence-electron chi connectivity index (χ2n) is 6.08. The molecule has 0 saturated carbocycles. The molecule has 0 spiro atoms. The Morgan fingerprint density at radius 3 is 1.50 bits per heavy atom. The highest BCUT2D eigenvalue weighted by atomic mass is 15.0. The molecule has 0 unspecified atom stereocenters. The van der Waals surface area contributed by atoms with Crippen molar-refractivity contribution in [2.24, 2.45) is 7.05 Å². The molecule has 0 fully saturated rings. The minimum absolute atomic E-state index is 0.433. The lowest BCUT2D eigenvalue weighted by molar-refractivity contribution is 0.827. The van der Waals surface area contributed by atoms with Crippen LogP contribution in [0.1, 0.15) is 50.9 Å². The van der Waals surface area contributed by atoms with Gasteiger partial charge in [0.05, 0.1) is 11.0 Å². The molecule has 3 aromatic rings. The molecule has 3 heteroatoms. The van der Waals surface area contributed by atoms with Gasteiger partial charge in [-0.05, 0) is 36.1 Å². The molecule has 0 aliphatic carbocycles. The number of hydrogen-bond donors (Lipinski definition) is 0. The molecule has 0 atom stereocenters. The van der Waals surface area contributed by atoms with Crippen LogP contribution in [0, 0.1) is 0 Å². The molecule has 3 rings (SSSR count). The highest BCUT2D eigenvalue weighted by Crippen LogP contribution is 2.28. The molecule has 0 amide bonds. The predicted octanol–water partition coefficient (Wildman–Crippen LogP) is 4.37. The number of rotatable bonds is 2. The minimum atomic E-state index is 0.433. The smallest absolute Gasteiger partial charge is 0.115 e. The quantitative estimate of drug-likeness (QED) is 0.690. The van der Waals surface area contributed by atoms with E-state index < -0.39 is 0 Å². The summed E-state index contributed by atoms with van der Waals surface area (Å²) >= 11 is 0. The zero-order valence-corrected chi connectivity index (χ0v) is 12.8. The van der Waals surface area contributed by atoms with Crippen LogP contribution in [-0.2, 0) is 7.05 Å². The predicted molar refractivity (Wildman–Crippen MR) is 84.2 cm³/mol. The molecular formula is C17H21N3. The molecule has 3 aromatic heterocycles. The molecular weight excluding hydrogens is 246 g/mol. The summed E-state index contributed by atoms with van der Waals surface area (Å²) in [5, 5.41) is 0. The maximum absolute atomic E-state index is 4.84. The number of fused-ring (bicyclic) bond motifs is 3. The van der Waals surface area contributed by atoms with Crippen LogP contribution in [0.4, 0.5) is 0 Å². The van der Waals surface area contributed by atoms with E-state index in [9.17, 15) is 0 Å². The van der Waals surface area contributed by atoms with Gasteiger partial charge in [0.25, 0.3) is 0 Å². The Labute approximate surface area is 119 Å². The molecule has 3 nitrogen and oxygen atoms in total. The van der Waals surface area contributed by atoms with E-state index in [4.69, 9.17) is 9.97 Å². The van der Waals surface area contributed by atoms with Crippen LogP contribution < -0.4 is 0 Å². The summed E-state index contributed by atoms with van der Waals surface area (Å²) < 4.78 is 2.18. The Hall–Kier alpha value is -1.90. The van der Waals surface area contributed by atoms with E-state index >= 15 is 0 Å². The normalized spacial score (nSPS) is 12.2. The molecule has 0 aliphatic rings. The number of nitrogens with zero attached hydrogens (tertiary/aromatic N) is 3. The Morgan fingerprint density at radius 1 is 0.750 bits per heavy atom. The first kappa shape index (κ1) is 13.1. The van der Waals surface area contributed by atoms with Gasteiger partial charge < -0.3 is 4.57 Å². The molecule has 0 aliphatic heterocycles. The Bertz CT molecular complexity index is 716. The van der Waals surface area contributed by atoms with Crippen LogP contribution in [0.2, 0.25) is 0 Å². The van der Waals surface area contributed by atoms with Gasteiger partial charge >= 0.3 is 0 Å². The lowest BCUT2D eigenvalue weighted by Gasteiger charge is -2.05. The molecule has 0 aromatic carbocycles. The Kier molecular flexibility index (Phi) is 3.00. The van der Waals surface area contributed by atoms with Crippen molar-refractivity contribution in [1.29, 1.82) is 0 Å². The summed E-state index contributed by atoms with van der Waals surface area (Å²) in [6.07, 6.45) is 0. The molecule has 0 saturated heterocycles. The van der Waals surface area contributed by atoms with Crippen molar-refractivity contribution in [3.05, 3.63) is 35.7 Å². The van der Waals surface area contributed by atoms with Crippen LogP contribution in [0.5, 0.6) is 0 Å². The van der Waals surface area contributed by atoms with Gasteiger partial charge in [-0.25, -0.2) is 9.97 Å². The van der Waals surface area contributed by atoms with E-state index in [1.54, 1.807) is 0 Å². The van der Waals surface area contributed by atoms with Crippen LogP contribution >= 0.6 is 0 Å². The number of aromatic nitrogens is 3. The van der Waals surface area contributed by atoms with Crippen LogP contribution in [-0.4, -0.2) is 14.5 Å². The third-order valence-corrected chi connectivity index (χ3v) is 3.92. The van der Waals surface area contributed by atoms with Crippen LogP contribution in [0.3, 0.4) is 0 Å². The largest absolute Gasteiger partial charge is 0.341 e. The van der Waals surface area contributed by atoms with E-state index in [1.807, 2.05) is 0 Å². The van der Waals surface area contributed by atoms with Gasteiger partial charge in [-0.3, -0.25) is 0 Å². The van der Waals surface area contributed by atoms with Gasteiger partial charge in [0.1, 0.15) is 11.0 Å². The van der Waals surface area contributed by atoms with E-state index in [1.165, 1.54) is 0 Å². The fourth-order valence-corrected chi connectivity index (χ4v) is 2.60. The van der Waals surface area contributed by atoms with Gasteiger partial charge in [0.2, 0.25) is 0 Å². The van der Waals surface area contributed by atoms with Crippen LogP contribution in [0.25, 0.3) is 22.1 Å². The summed E-state index contributed by atoms with van der Waals surface area (Å²) in [6, 6.07) is 8.56. The van der Waals surface area contributed by atoms with Gasteiger partial charge in [-0.2, -0.15) is 0 Å². The van der Waals surface area contributed by atoms with E-state index in [0.717, 1.165) is 33.5 Å². The monoisotopic (exact) mass is 267 g/mol. The van der Waals surface area contributed by atoms with Crippen molar-refractivity contribution in [3.63, 3.8) is 0 Å². The number of hydrogen-bond acceptors (Lipinski definition) is 2. The average molecular weight is 267 g/mol. The lowest BCUT2D eigenvalue weighted by Crippen LogP contribution is -1.93. The summed E-state index contributed by atoms with van der Waals surface area (Å²) in [5.74, 6) is 0.867. The number of aryl methyl sites for hydroxylation is 1. The topological polar surface area (TPSA) is 30.7 Å². The first-order chi connectivity index (χ1) is 9.49. The van der Waals surface area contributed by atoms with Crippen molar-refractivity contribution in [3.8, 4) is 0 Å². The third-order valence-electron chi connectivity index (χ3n) is 3.92. The number of pyridine rings is 2. The third kappa shape index (κ3) is 1.89. The fourth-order valence-electron chi connectivity index (χ4n) is 2.60. The molecule has 0 radical (unpaired) electrons. The zero-order chi connectivity index (χ0) is 14.4. The van der Waals surface area contributed by atoms with E-state index in [-0.39, 0.29) is 0 Å². The van der Waals surface area contributed by atoms with E-state index in [2.05, 4.69) is 63.6 Å². The molecule has 20 heavy (non-hydrogen) atoms. The first-order valence-corrected chi connectivity index (χ1v) is 7.25. The highest BCUT2D eigenvalue weighted by molar-refractivity contribution is 6.03. The molecule has 0 N–H and O–H groups in total. The standard InChI is InChI=1S/C17H21N3/c1-10(2)12-6-8-14-16(18-12)17-15(20(14)5)9-7-13(19-17)11(3)4/h6-11H,1-5H3. The summed E-state index contributed by atoms with van der Waals surface area (Å²) in [7, 11) is 2.08. The van der Waals surface area contributed by atoms with Crippen molar-refractivity contribution in [2.45, 2.75) is 39.5 Å². The fraction of sp³-hybridized carbons (Fsp3) is 0.412. The van der Waals surface area contributed by atoms with Crippen molar-refractivity contribution in [2.75, 3.05) is 0 Å². The lowest BCUT2D eigenvalue weighted by atomic mass is 10.1. The van der Waals surface area contributed by atoms with Crippen molar-refractivity contribution >= 4 is 22.1 Å². The SMILES string of the molecule is CC(C)c1ccc2c(n1)c1nc(C(C)C)ccc1n2C. The van der Waals surface area contributed by atoms with Gasteiger partial charge in [0.15, 0.2) is 0 Å². The summed E-state index contributed by atoms with van der Waals surface area (Å²) in [5.41, 5.74) is 6.60. The summed E-state index contributed by atoms with van der Waals surface area (Å²) in [4.78, 5) is 9.68. The molecule has 3 heterocycles. The van der Waals surface area contributed by atoms with Gasteiger partial charge in [-0.1, -0.05) is 27.7 Å². The maximum Gasteiger partial charge on any atom is 0.115 e. The van der Waals surface area contributed by atoms with Gasteiger partial charge in [0, 0.05) is 18.4 Å². The second kappa shape index (κ2) is 4.58. The average Bonchev–Trinajstić information content (AvgIpc) is 2.71. The summed E-state index contributed by atoms with van der Waals surface area (Å²) in [6.45, 7) is 8.69. The molecule has 104 valence electrons. The molecule has 0 bridgehead atoms. The second-order valence-corrected chi connectivity index (χ2v) is 6.08. The first-order valence-electron chi connectivity index (χ1n) is 7.25. The Morgan fingerprint density at radius 2 is 1.15 bits per heavy atom. The van der Waals surface area contributed by atoms with Crippen molar-refractivity contribution in [1.82, 2.24) is 14.5 Å². The minimum Gasteiger partial charge on any atom is -0.341 e. The maximum atomic E-state index is 4.84. The Balaban J connectivity index is 2.38. The van der Waals surface area contributed by atoms with Crippen molar-refractivity contribution < 1.29 is 0 Å². The zero-order valence-electron chi connectivity index (χ0n) is 12.8. The highest BCUT2D eigenvalue weighted by Gasteiger charge is 2.14. The van der Waals surface area contributed by atoms with Crippen LogP contribution in [0.15, 0.2) is 24.3 Å². The van der Waals surface area contributed by atoms with Gasteiger partial charge in [-0.15, -0.1) is 0 Å².